The smallest absolute Gasteiger partial charge is 0.264 e. The maximum atomic E-state index is 13.5. The zero-order valence-corrected chi connectivity index (χ0v) is 23.3. The van der Waals surface area contributed by atoms with Crippen LogP contribution in [0.3, 0.4) is 0 Å². The van der Waals surface area contributed by atoms with Crippen molar-refractivity contribution in [1.29, 1.82) is 0 Å². The number of nitrogens with one attached hydrogen (secondary N) is 2. The van der Waals surface area contributed by atoms with E-state index in [4.69, 9.17) is 11.6 Å². The number of sulfonamides is 2. The van der Waals surface area contributed by atoms with Crippen LogP contribution >= 0.6 is 11.6 Å². The van der Waals surface area contributed by atoms with Gasteiger partial charge in [0.2, 0.25) is 11.9 Å². The first kappa shape index (κ1) is 28.0. The number of nitrogens with zero attached hydrogens (tertiary/aromatic N) is 3. The number of benzene rings is 3. The molecule has 0 saturated carbocycles. The second kappa shape index (κ2) is 11.4. The molecule has 0 aliphatic carbocycles. The lowest BCUT2D eigenvalue weighted by Crippen LogP contribution is -2.38. The molecule has 10 nitrogen and oxygen atoms in total. The molecule has 0 aliphatic heterocycles. The Kier molecular flexibility index (Phi) is 8.19. The van der Waals surface area contributed by atoms with E-state index in [9.17, 15) is 21.6 Å². The summed E-state index contributed by atoms with van der Waals surface area (Å²) in [5.41, 5.74) is 1.96. The van der Waals surface area contributed by atoms with Gasteiger partial charge in [-0.1, -0.05) is 35.4 Å². The lowest BCUT2D eigenvalue weighted by atomic mass is 10.2. The van der Waals surface area contributed by atoms with E-state index in [0.717, 1.165) is 9.87 Å². The Hall–Kier alpha value is -4.00. The van der Waals surface area contributed by atoms with Crippen molar-refractivity contribution >= 4 is 54.9 Å². The van der Waals surface area contributed by atoms with Gasteiger partial charge in [-0.25, -0.2) is 31.5 Å². The largest absolute Gasteiger partial charge is 0.325 e. The highest BCUT2D eigenvalue weighted by Crippen LogP contribution is 2.26. The Balaban J connectivity index is 1.53. The molecular formula is C26H24ClN5O5S2. The number of aryl methyl sites for hydroxylation is 2. The van der Waals surface area contributed by atoms with Crippen LogP contribution in [0.15, 0.2) is 94.9 Å². The first-order chi connectivity index (χ1) is 18.4. The van der Waals surface area contributed by atoms with Gasteiger partial charge >= 0.3 is 0 Å². The van der Waals surface area contributed by atoms with Crippen LogP contribution in [0.5, 0.6) is 0 Å². The number of halogens is 1. The van der Waals surface area contributed by atoms with Gasteiger partial charge < -0.3 is 5.32 Å². The summed E-state index contributed by atoms with van der Waals surface area (Å²) >= 11 is 6.10. The number of aromatic nitrogens is 2. The molecule has 4 rings (SSSR count). The fraction of sp³-hybridized carbons (Fsp3) is 0.115. The van der Waals surface area contributed by atoms with Crippen LogP contribution in [0.4, 0.5) is 17.3 Å². The molecule has 4 aromatic rings. The third-order valence-electron chi connectivity index (χ3n) is 5.46. The van der Waals surface area contributed by atoms with Crippen molar-refractivity contribution < 1.29 is 21.6 Å². The minimum Gasteiger partial charge on any atom is -0.325 e. The first-order valence-corrected chi connectivity index (χ1v) is 14.8. The number of anilines is 3. The van der Waals surface area contributed by atoms with Crippen LogP contribution in [-0.4, -0.2) is 39.3 Å². The zero-order chi connectivity index (χ0) is 28.2. The van der Waals surface area contributed by atoms with Crippen molar-refractivity contribution in [1.82, 2.24) is 9.97 Å². The van der Waals surface area contributed by atoms with E-state index in [1.165, 1.54) is 54.7 Å². The Morgan fingerprint density at radius 1 is 0.897 bits per heavy atom. The molecule has 3 aromatic carbocycles. The van der Waals surface area contributed by atoms with Gasteiger partial charge in [-0.2, -0.15) is 0 Å². The van der Waals surface area contributed by atoms with E-state index in [0.29, 0.717) is 10.7 Å². The summed E-state index contributed by atoms with van der Waals surface area (Å²) in [5.74, 6) is -0.712. The molecule has 13 heteroatoms. The van der Waals surface area contributed by atoms with E-state index in [-0.39, 0.29) is 27.1 Å². The number of carbonyl (C=O) groups excluding carboxylic acids is 1. The standard InChI is InChI=1S/C26H24ClN5O5S2/c1-18-6-10-24(11-7-18)39(36,37)32(22-5-3-4-20(27)16-22)17-25(33)30-21-8-12-23(13-9-21)38(34,35)31-26-28-15-14-19(2)29-26/h3-16H,17H2,1-2H3,(H,30,33)(H,28,29,31). The lowest BCUT2D eigenvalue weighted by molar-refractivity contribution is -0.114. The molecular weight excluding hydrogens is 562 g/mol. The molecule has 2 N–H and O–H groups in total. The monoisotopic (exact) mass is 585 g/mol. The maximum Gasteiger partial charge on any atom is 0.264 e. The average molecular weight is 586 g/mol. The van der Waals surface area contributed by atoms with Gasteiger partial charge in [-0.3, -0.25) is 9.10 Å². The van der Waals surface area contributed by atoms with E-state index in [2.05, 4.69) is 20.0 Å². The van der Waals surface area contributed by atoms with E-state index < -0.39 is 32.5 Å². The normalized spacial score (nSPS) is 11.6. The maximum absolute atomic E-state index is 13.5. The van der Waals surface area contributed by atoms with Crippen LogP contribution in [0, 0.1) is 13.8 Å². The number of rotatable bonds is 9. The van der Waals surface area contributed by atoms with Crippen molar-refractivity contribution in [3.63, 3.8) is 0 Å². The summed E-state index contributed by atoms with van der Waals surface area (Å²) in [5, 5.41) is 2.91. The Bertz CT molecular complexity index is 1710. The highest BCUT2D eigenvalue weighted by atomic mass is 35.5. The number of hydrogen-bond donors (Lipinski definition) is 2. The van der Waals surface area contributed by atoms with Crippen LogP contribution < -0.4 is 14.3 Å². The Morgan fingerprint density at radius 3 is 2.21 bits per heavy atom. The molecule has 0 aliphatic rings. The molecule has 0 saturated heterocycles. The summed E-state index contributed by atoms with van der Waals surface area (Å²) in [6, 6.07) is 19.4. The topological polar surface area (TPSA) is 138 Å². The van der Waals surface area contributed by atoms with Crippen molar-refractivity contribution in [3.8, 4) is 0 Å². The van der Waals surface area contributed by atoms with E-state index in [1.807, 2.05) is 6.92 Å². The lowest BCUT2D eigenvalue weighted by Gasteiger charge is -2.24. The van der Waals surface area contributed by atoms with Crippen LogP contribution in [0.25, 0.3) is 0 Å². The molecule has 1 aromatic heterocycles. The summed E-state index contributed by atoms with van der Waals surface area (Å²) in [4.78, 5) is 20.8. The summed E-state index contributed by atoms with van der Waals surface area (Å²) in [6.07, 6.45) is 1.44. The van der Waals surface area contributed by atoms with Crippen molar-refractivity contribution in [3.05, 3.63) is 101 Å². The minimum atomic E-state index is -4.12. The summed E-state index contributed by atoms with van der Waals surface area (Å²) in [6.45, 7) is 2.99. The van der Waals surface area contributed by atoms with Gasteiger partial charge in [-0.05, 0) is 74.5 Å². The van der Waals surface area contributed by atoms with Crippen LogP contribution in [0.1, 0.15) is 11.3 Å². The van der Waals surface area contributed by atoms with Crippen LogP contribution in [-0.2, 0) is 24.8 Å². The third kappa shape index (κ3) is 6.91. The Morgan fingerprint density at radius 2 is 1.56 bits per heavy atom. The molecule has 1 amide bonds. The third-order valence-corrected chi connectivity index (χ3v) is 8.83. The van der Waals surface area contributed by atoms with Gasteiger partial charge in [0.25, 0.3) is 20.0 Å². The quantitative estimate of drug-likeness (QED) is 0.297. The Labute approximate surface area is 231 Å². The first-order valence-electron chi connectivity index (χ1n) is 11.5. The molecule has 1 heterocycles. The van der Waals surface area contributed by atoms with Gasteiger partial charge in [-0.15, -0.1) is 0 Å². The molecule has 0 bridgehead atoms. The van der Waals surface area contributed by atoms with Crippen molar-refractivity contribution in [2.45, 2.75) is 23.6 Å². The molecule has 0 spiro atoms. The fourth-order valence-corrected chi connectivity index (χ4v) is 6.06. The SMILES string of the molecule is Cc1ccc(S(=O)(=O)N(CC(=O)Nc2ccc(S(=O)(=O)Nc3nccc(C)n3)cc2)c2cccc(Cl)c2)cc1. The van der Waals surface area contributed by atoms with Gasteiger partial charge in [0.1, 0.15) is 6.54 Å². The predicted octanol–water partition coefficient (Wildman–Crippen LogP) is 4.38. The molecule has 0 radical (unpaired) electrons. The minimum absolute atomic E-state index is 0.0144. The molecule has 0 fully saturated rings. The van der Waals surface area contributed by atoms with Gasteiger partial charge in [0, 0.05) is 22.6 Å². The average Bonchev–Trinajstić information content (AvgIpc) is 2.87. The number of carbonyl (C=O) groups is 1. The molecule has 202 valence electrons. The summed E-state index contributed by atoms with van der Waals surface area (Å²) < 4.78 is 55.6. The van der Waals surface area contributed by atoms with E-state index >= 15 is 0 Å². The van der Waals surface area contributed by atoms with Gasteiger partial charge in [0.15, 0.2) is 0 Å². The molecule has 0 unspecified atom stereocenters. The van der Waals surface area contributed by atoms with E-state index in [1.54, 1.807) is 37.3 Å². The fourth-order valence-electron chi connectivity index (χ4n) is 3.51. The zero-order valence-electron chi connectivity index (χ0n) is 20.9. The summed E-state index contributed by atoms with van der Waals surface area (Å²) in [7, 11) is -8.09. The molecule has 0 atom stereocenters. The highest BCUT2D eigenvalue weighted by Gasteiger charge is 2.27. The van der Waals surface area contributed by atoms with Gasteiger partial charge in [0.05, 0.1) is 15.5 Å². The second-order valence-electron chi connectivity index (χ2n) is 8.50. The van der Waals surface area contributed by atoms with Crippen molar-refractivity contribution in [2.24, 2.45) is 0 Å². The predicted molar refractivity (Wildman–Crippen MR) is 150 cm³/mol. The van der Waals surface area contributed by atoms with Crippen LogP contribution in [0.2, 0.25) is 5.02 Å². The number of amides is 1. The van der Waals surface area contributed by atoms with Crippen molar-refractivity contribution in [2.75, 3.05) is 20.9 Å². The second-order valence-corrected chi connectivity index (χ2v) is 12.5. The highest BCUT2D eigenvalue weighted by molar-refractivity contribution is 7.93. The number of hydrogen-bond acceptors (Lipinski definition) is 7. The molecule has 39 heavy (non-hydrogen) atoms.